The lowest BCUT2D eigenvalue weighted by molar-refractivity contribution is -0.178. The maximum Gasteiger partial charge on any atom is 0.157 e. The number of aliphatic hydroxyl groups is 1. The molecule has 5 nitrogen and oxygen atoms in total. The smallest absolute Gasteiger partial charge is 0.157 e. The van der Waals surface area contributed by atoms with Crippen LogP contribution in [-0.4, -0.2) is 39.5 Å². The first-order valence-corrected chi connectivity index (χ1v) is 13.5. The second-order valence-corrected chi connectivity index (χ2v) is 12.4. The summed E-state index contributed by atoms with van der Waals surface area (Å²) in [4.78, 5) is 13.5. The van der Waals surface area contributed by atoms with Crippen LogP contribution in [0.2, 0.25) is 0 Å². The second kappa shape index (κ2) is 8.79. The largest absolute Gasteiger partial charge is 0.390 e. The molecule has 1 aromatic heterocycles. The van der Waals surface area contributed by atoms with Gasteiger partial charge in [0.05, 0.1) is 30.5 Å². The molecule has 4 aliphatic carbocycles. The third-order valence-corrected chi connectivity index (χ3v) is 10.7. The number of nitrogens with zero attached hydrogens (tertiary/aromatic N) is 2. The molecule has 0 aliphatic heterocycles. The Morgan fingerprint density at radius 3 is 2.76 bits per heavy atom. The van der Waals surface area contributed by atoms with Crippen molar-refractivity contribution in [2.45, 2.75) is 90.7 Å². The number of fused-ring (bicyclic) bond motifs is 5. The molecular weight excluding hydrogens is 424 g/mol. The van der Waals surface area contributed by atoms with E-state index in [4.69, 9.17) is 11.2 Å². The zero-order chi connectivity index (χ0) is 24.1. The summed E-state index contributed by atoms with van der Waals surface area (Å²) in [5, 5.41) is 15.2. The van der Waals surface area contributed by atoms with Crippen molar-refractivity contribution < 1.29 is 14.6 Å². The summed E-state index contributed by atoms with van der Waals surface area (Å²) in [6.07, 6.45) is 18.7. The lowest BCUT2D eigenvalue weighted by atomic mass is 9.43. The van der Waals surface area contributed by atoms with Crippen molar-refractivity contribution in [2.75, 3.05) is 13.2 Å². The topological polar surface area (TPSA) is 64.4 Å². The van der Waals surface area contributed by atoms with Crippen LogP contribution in [-0.2, 0) is 16.1 Å². The fourth-order valence-electron chi connectivity index (χ4n) is 9.13. The fourth-order valence-corrected chi connectivity index (χ4v) is 9.13. The highest BCUT2D eigenvalue weighted by atomic mass is 16.5. The lowest BCUT2D eigenvalue weighted by Crippen LogP contribution is -2.58. The van der Waals surface area contributed by atoms with Gasteiger partial charge in [-0.3, -0.25) is 9.48 Å². The first kappa shape index (κ1) is 24.1. The lowest BCUT2D eigenvalue weighted by Gasteiger charge is -2.62. The molecule has 4 saturated carbocycles. The number of aromatic nitrogens is 2. The van der Waals surface area contributed by atoms with E-state index in [0.29, 0.717) is 36.0 Å². The van der Waals surface area contributed by atoms with E-state index < -0.39 is 5.60 Å². The van der Waals surface area contributed by atoms with Crippen molar-refractivity contribution in [3.63, 3.8) is 0 Å². The fraction of sp³-hybridized carbons (Fsp3) is 0.793. The molecule has 0 saturated heterocycles. The Kier molecular flexibility index (Phi) is 6.22. The van der Waals surface area contributed by atoms with Crippen molar-refractivity contribution in [1.29, 1.82) is 0 Å². The molecule has 4 aliphatic rings. The van der Waals surface area contributed by atoms with E-state index in [9.17, 15) is 9.90 Å². The van der Waals surface area contributed by atoms with Gasteiger partial charge >= 0.3 is 0 Å². The molecule has 1 heterocycles. The predicted molar refractivity (Wildman–Crippen MR) is 132 cm³/mol. The number of terminal acetylenes is 1. The molecule has 0 amide bonds. The van der Waals surface area contributed by atoms with Crippen LogP contribution in [0.25, 0.3) is 0 Å². The van der Waals surface area contributed by atoms with Gasteiger partial charge in [0, 0.05) is 18.7 Å². The molecule has 186 valence electrons. The van der Waals surface area contributed by atoms with E-state index in [2.05, 4.69) is 24.9 Å². The summed E-state index contributed by atoms with van der Waals surface area (Å²) in [6.45, 7) is 8.46. The van der Waals surface area contributed by atoms with Crippen LogP contribution in [0.1, 0.15) is 84.1 Å². The standard InChI is InChI=1S/C29H42N2O3/c1-5-20-16-30-31(17-20)18-26(32)25-10-9-23-22-8-7-21-15-27(3,33)13-14-29(21,19-34-6-2)24(22)11-12-28(23,25)4/h1,16-17,21-25,33H,6-15,18-19H2,2-4H3/t21-,22+,23+,24+,25-,27-,28+,29-/m1/s1. The summed E-state index contributed by atoms with van der Waals surface area (Å²) in [6, 6.07) is 0. The van der Waals surface area contributed by atoms with Crippen molar-refractivity contribution in [3.8, 4) is 12.3 Å². The van der Waals surface area contributed by atoms with Gasteiger partial charge in [-0.15, -0.1) is 6.42 Å². The Bertz CT molecular complexity index is 961. The van der Waals surface area contributed by atoms with Gasteiger partial charge in [0.25, 0.3) is 0 Å². The molecule has 0 radical (unpaired) electrons. The number of ketones is 1. The van der Waals surface area contributed by atoms with Crippen LogP contribution >= 0.6 is 0 Å². The SMILES string of the molecule is C#Cc1cnn(CC(=O)[C@H]2CC[C@H]3[C@@H]4CC[C@@H]5C[C@](C)(O)CC[C@]5(COCC)[C@H]4CC[C@]23C)c1. The van der Waals surface area contributed by atoms with Gasteiger partial charge in [-0.2, -0.15) is 5.10 Å². The van der Waals surface area contributed by atoms with E-state index >= 15 is 0 Å². The second-order valence-electron chi connectivity index (χ2n) is 12.4. The van der Waals surface area contributed by atoms with Crippen molar-refractivity contribution >= 4 is 5.78 Å². The average molecular weight is 467 g/mol. The number of rotatable bonds is 6. The van der Waals surface area contributed by atoms with Crippen molar-refractivity contribution in [2.24, 2.45) is 40.4 Å². The molecule has 0 spiro atoms. The molecule has 34 heavy (non-hydrogen) atoms. The maximum atomic E-state index is 13.5. The van der Waals surface area contributed by atoms with E-state index in [0.717, 1.165) is 57.3 Å². The number of hydrogen-bond donors (Lipinski definition) is 1. The third-order valence-electron chi connectivity index (χ3n) is 10.7. The number of carbonyl (C=O) groups excluding carboxylic acids is 1. The molecular formula is C29H42N2O3. The van der Waals surface area contributed by atoms with Crippen molar-refractivity contribution in [1.82, 2.24) is 9.78 Å². The molecule has 5 heteroatoms. The van der Waals surface area contributed by atoms with Gasteiger partial charge in [0.15, 0.2) is 5.78 Å². The summed E-state index contributed by atoms with van der Waals surface area (Å²) >= 11 is 0. The van der Waals surface area contributed by atoms with Crippen LogP contribution in [0, 0.1) is 52.8 Å². The van der Waals surface area contributed by atoms with Gasteiger partial charge in [0.1, 0.15) is 0 Å². The molecule has 0 aromatic carbocycles. The van der Waals surface area contributed by atoms with E-state index in [1.807, 2.05) is 6.92 Å². The van der Waals surface area contributed by atoms with E-state index in [-0.39, 0.29) is 16.7 Å². The zero-order valence-electron chi connectivity index (χ0n) is 21.3. The number of ether oxygens (including phenoxy) is 1. The Labute approximate surface area is 205 Å². The molecule has 4 fully saturated rings. The number of Topliss-reactive ketones (excluding diaryl/α,β-unsaturated/α-hetero) is 1. The molecule has 1 aromatic rings. The van der Waals surface area contributed by atoms with Gasteiger partial charge in [0.2, 0.25) is 0 Å². The minimum atomic E-state index is -0.535. The zero-order valence-corrected chi connectivity index (χ0v) is 21.3. The van der Waals surface area contributed by atoms with Gasteiger partial charge in [-0.25, -0.2) is 0 Å². The Morgan fingerprint density at radius 2 is 2.03 bits per heavy atom. The van der Waals surface area contributed by atoms with Gasteiger partial charge in [-0.05, 0) is 106 Å². The van der Waals surface area contributed by atoms with E-state index in [1.165, 1.54) is 19.3 Å². The highest BCUT2D eigenvalue weighted by molar-refractivity contribution is 5.82. The predicted octanol–water partition coefficient (Wildman–Crippen LogP) is 4.86. The molecule has 0 bridgehead atoms. The summed E-state index contributed by atoms with van der Waals surface area (Å²) < 4.78 is 7.88. The van der Waals surface area contributed by atoms with Crippen LogP contribution in [0.5, 0.6) is 0 Å². The van der Waals surface area contributed by atoms with Crippen LogP contribution in [0.15, 0.2) is 12.4 Å². The quantitative estimate of drug-likeness (QED) is 0.608. The highest BCUT2D eigenvalue weighted by Crippen LogP contribution is 2.68. The Balaban J connectivity index is 1.36. The average Bonchev–Trinajstić information content (AvgIpc) is 3.40. The maximum absolute atomic E-state index is 13.5. The summed E-state index contributed by atoms with van der Waals surface area (Å²) in [5.74, 6) is 5.53. The Hall–Kier alpha value is -1.64. The summed E-state index contributed by atoms with van der Waals surface area (Å²) in [5.41, 5.74) is 0.477. The van der Waals surface area contributed by atoms with E-state index in [1.54, 1.807) is 17.1 Å². The minimum absolute atomic E-state index is 0.0835. The Morgan fingerprint density at radius 1 is 1.21 bits per heavy atom. The van der Waals surface area contributed by atoms with Gasteiger partial charge < -0.3 is 9.84 Å². The van der Waals surface area contributed by atoms with Gasteiger partial charge in [-0.1, -0.05) is 12.8 Å². The molecule has 5 rings (SSSR count). The van der Waals surface area contributed by atoms with Crippen LogP contribution < -0.4 is 0 Å². The summed E-state index contributed by atoms with van der Waals surface area (Å²) in [7, 11) is 0. The normalized spacial score (nSPS) is 43.4. The molecule has 1 N–H and O–H groups in total. The number of carbonyl (C=O) groups is 1. The molecule has 0 unspecified atom stereocenters. The minimum Gasteiger partial charge on any atom is -0.390 e. The highest BCUT2D eigenvalue weighted by Gasteiger charge is 2.63. The first-order valence-electron chi connectivity index (χ1n) is 13.5. The molecule has 8 atom stereocenters. The monoisotopic (exact) mass is 466 g/mol. The number of hydrogen-bond acceptors (Lipinski definition) is 4. The first-order chi connectivity index (χ1) is 16.2. The third kappa shape index (κ3) is 3.86. The van der Waals surface area contributed by atoms with Crippen molar-refractivity contribution in [3.05, 3.63) is 18.0 Å². The van der Waals surface area contributed by atoms with Crippen LogP contribution in [0.4, 0.5) is 0 Å². The van der Waals surface area contributed by atoms with Crippen LogP contribution in [0.3, 0.4) is 0 Å².